The summed E-state index contributed by atoms with van der Waals surface area (Å²) in [5, 5.41) is 0. The molecule has 0 N–H and O–H groups in total. The summed E-state index contributed by atoms with van der Waals surface area (Å²) in [5.41, 5.74) is 3.04. The lowest BCUT2D eigenvalue weighted by Crippen LogP contribution is -2.20. The van der Waals surface area contributed by atoms with Gasteiger partial charge in [0.25, 0.3) is 0 Å². The Hall–Kier alpha value is -1.55. The highest BCUT2D eigenvalue weighted by molar-refractivity contribution is 6.76. The van der Waals surface area contributed by atoms with Crippen molar-refractivity contribution in [1.29, 1.82) is 0 Å². The molecule has 0 aliphatic carbocycles. The van der Waals surface area contributed by atoms with Crippen LogP contribution in [0.2, 0.25) is 25.7 Å². The third-order valence-corrected chi connectivity index (χ3v) is 4.86. The lowest BCUT2D eigenvalue weighted by atomic mass is 10.2. The minimum absolute atomic E-state index is 0.294. The van der Waals surface area contributed by atoms with E-state index in [0.29, 0.717) is 12.2 Å². The van der Waals surface area contributed by atoms with E-state index in [1.54, 1.807) is 31.4 Å². The van der Waals surface area contributed by atoms with Gasteiger partial charge in [-0.1, -0.05) is 25.2 Å². The number of allylic oxidation sites excluding steroid dienone is 1. The summed E-state index contributed by atoms with van der Waals surface area (Å²) < 4.78 is 10.4. The van der Waals surface area contributed by atoms with Gasteiger partial charge in [-0.3, -0.25) is 0 Å². The van der Waals surface area contributed by atoms with Crippen LogP contribution in [0.25, 0.3) is 0 Å². The molecule has 0 saturated carbocycles. The first kappa shape index (κ1) is 17.5. The molecule has 0 amide bonds. The highest BCUT2D eigenvalue weighted by Crippen LogP contribution is 2.19. The quantitative estimate of drug-likeness (QED) is 0.440. The van der Waals surface area contributed by atoms with Crippen LogP contribution in [0.15, 0.2) is 35.4 Å². The maximum Gasteiger partial charge on any atom is 0.338 e. The number of esters is 1. The normalized spacial score (nSPS) is 12.7. The number of hydrogen-bond donors (Lipinski definition) is 0. The molecule has 0 bridgehead atoms. The maximum atomic E-state index is 12.0. The molecule has 0 spiro atoms. The van der Waals surface area contributed by atoms with Crippen LogP contribution in [0, 0.1) is 0 Å². The number of ether oxygens (including phenoxy) is 2. The lowest BCUT2D eigenvalue weighted by molar-refractivity contribution is 0.0539. The van der Waals surface area contributed by atoms with Crippen molar-refractivity contribution in [2.75, 3.05) is 13.7 Å². The van der Waals surface area contributed by atoms with E-state index in [2.05, 4.69) is 26.6 Å². The second-order valence-corrected chi connectivity index (χ2v) is 12.1. The molecule has 116 valence electrons. The van der Waals surface area contributed by atoms with Crippen molar-refractivity contribution in [2.24, 2.45) is 0 Å². The Morgan fingerprint density at radius 2 is 1.62 bits per heavy atom. The van der Waals surface area contributed by atoms with Crippen LogP contribution in [-0.4, -0.2) is 27.8 Å². The fourth-order valence-corrected chi connectivity index (χ4v) is 3.95. The first-order valence-corrected chi connectivity index (χ1v) is 10.9. The summed E-state index contributed by atoms with van der Waals surface area (Å²) >= 11 is 0. The van der Waals surface area contributed by atoms with E-state index in [9.17, 15) is 4.79 Å². The molecule has 0 fully saturated rings. The van der Waals surface area contributed by atoms with Gasteiger partial charge in [0.1, 0.15) is 12.4 Å². The predicted molar refractivity (Wildman–Crippen MR) is 89.8 cm³/mol. The molecule has 0 atom stereocenters. The molecule has 0 unspecified atom stereocenters. The zero-order chi connectivity index (χ0) is 16.0. The molecule has 1 aromatic rings. The van der Waals surface area contributed by atoms with Gasteiger partial charge in [-0.2, -0.15) is 0 Å². The van der Waals surface area contributed by atoms with Crippen molar-refractivity contribution < 1.29 is 14.3 Å². The number of methoxy groups -OCH3 is 1. The van der Waals surface area contributed by atoms with E-state index in [0.717, 1.165) is 17.4 Å². The van der Waals surface area contributed by atoms with Crippen molar-refractivity contribution in [3.05, 3.63) is 41.0 Å². The topological polar surface area (TPSA) is 35.5 Å². The van der Waals surface area contributed by atoms with Gasteiger partial charge in [-0.05, 0) is 49.7 Å². The van der Waals surface area contributed by atoms with Crippen molar-refractivity contribution >= 4 is 14.0 Å². The van der Waals surface area contributed by atoms with Gasteiger partial charge in [-0.15, -0.1) is 0 Å². The Morgan fingerprint density at radius 1 is 1.05 bits per heavy atom. The smallest absolute Gasteiger partial charge is 0.338 e. The summed E-state index contributed by atoms with van der Waals surface area (Å²) in [7, 11) is 0.474. The van der Waals surface area contributed by atoms with Crippen molar-refractivity contribution in [2.45, 2.75) is 39.5 Å². The summed E-state index contributed by atoms with van der Waals surface area (Å²) in [5.74, 6) is 0.436. The van der Waals surface area contributed by atoms with Crippen LogP contribution < -0.4 is 4.74 Å². The van der Waals surface area contributed by atoms with Crippen molar-refractivity contribution in [3.8, 4) is 5.75 Å². The third kappa shape index (κ3) is 6.17. The first-order valence-electron chi connectivity index (χ1n) is 7.19. The number of carbonyl (C=O) groups is 1. The molecule has 0 aliphatic rings. The summed E-state index contributed by atoms with van der Waals surface area (Å²) in [4.78, 5) is 12.0. The summed E-state index contributed by atoms with van der Waals surface area (Å²) in [6, 6.07) is 8.09. The zero-order valence-electron chi connectivity index (χ0n) is 13.9. The van der Waals surface area contributed by atoms with Gasteiger partial charge in [0.05, 0.1) is 12.7 Å². The average Bonchev–Trinajstić information content (AvgIpc) is 2.42. The SMILES string of the molecule is COc1ccc(C(=O)OC/C(C)=C(/C)C[Si](C)(C)C)cc1. The zero-order valence-corrected chi connectivity index (χ0v) is 14.9. The van der Waals surface area contributed by atoms with Gasteiger partial charge in [0.15, 0.2) is 0 Å². The predicted octanol–water partition coefficient (Wildman–Crippen LogP) is 4.53. The van der Waals surface area contributed by atoms with E-state index in [-0.39, 0.29) is 5.97 Å². The van der Waals surface area contributed by atoms with Gasteiger partial charge in [-0.25, -0.2) is 4.79 Å². The molecule has 0 heterocycles. The highest BCUT2D eigenvalue weighted by atomic mass is 28.3. The van der Waals surface area contributed by atoms with Crippen LogP contribution in [-0.2, 0) is 4.74 Å². The van der Waals surface area contributed by atoms with E-state index < -0.39 is 8.07 Å². The molecular weight excluding hydrogens is 280 g/mol. The minimum atomic E-state index is -1.13. The van der Waals surface area contributed by atoms with E-state index in [4.69, 9.17) is 9.47 Å². The molecule has 1 aromatic carbocycles. The molecule has 0 aliphatic heterocycles. The van der Waals surface area contributed by atoms with Crippen molar-refractivity contribution in [3.63, 3.8) is 0 Å². The van der Waals surface area contributed by atoms with Crippen LogP contribution in [0.3, 0.4) is 0 Å². The van der Waals surface area contributed by atoms with Crippen LogP contribution >= 0.6 is 0 Å². The van der Waals surface area contributed by atoms with Crippen LogP contribution in [0.5, 0.6) is 5.75 Å². The Morgan fingerprint density at radius 3 is 2.10 bits per heavy atom. The first-order chi connectivity index (χ1) is 9.73. The second kappa shape index (κ2) is 7.45. The lowest BCUT2D eigenvalue weighted by Gasteiger charge is -2.18. The monoisotopic (exact) mass is 306 g/mol. The third-order valence-electron chi connectivity index (χ3n) is 3.27. The summed E-state index contributed by atoms with van der Waals surface area (Å²) in [6.45, 7) is 11.6. The fourth-order valence-electron chi connectivity index (χ4n) is 2.05. The molecule has 21 heavy (non-hydrogen) atoms. The number of rotatable bonds is 6. The van der Waals surface area contributed by atoms with Gasteiger partial charge < -0.3 is 9.47 Å². The molecular formula is C17H26O3Si. The second-order valence-electron chi connectivity index (χ2n) is 6.60. The molecule has 4 heteroatoms. The van der Waals surface area contributed by atoms with Crippen molar-refractivity contribution in [1.82, 2.24) is 0 Å². The fraction of sp³-hybridized carbons (Fsp3) is 0.471. The number of hydrogen-bond acceptors (Lipinski definition) is 3. The van der Waals surface area contributed by atoms with E-state index in [1.807, 2.05) is 6.92 Å². The Balaban J connectivity index is 2.61. The van der Waals surface area contributed by atoms with Gasteiger partial charge in [0.2, 0.25) is 0 Å². The number of benzene rings is 1. The highest BCUT2D eigenvalue weighted by Gasteiger charge is 2.15. The maximum absolute atomic E-state index is 12.0. The average molecular weight is 306 g/mol. The number of carbonyl (C=O) groups excluding carboxylic acids is 1. The molecule has 1 rings (SSSR count). The van der Waals surface area contributed by atoms with Gasteiger partial charge >= 0.3 is 5.97 Å². The van der Waals surface area contributed by atoms with Crippen LogP contribution in [0.4, 0.5) is 0 Å². The molecule has 0 aromatic heterocycles. The summed E-state index contributed by atoms with van der Waals surface area (Å²) in [6.07, 6.45) is 0. The molecule has 0 saturated heterocycles. The largest absolute Gasteiger partial charge is 0.497 e. The van der Waals surface area contributed by atoms with Crippen LogP contribution in [0.1, 0.15) is 24.2 Å². The van der Waals surface area contributed by atoms with Gasteiger partial charge in [0, 0.05) is 8.07 Å². The Bertz CT molecular complexity index is 510. The van der Waals surface area contributed by atoms with E-state index >= 15 is 0 Å². The Labute approximate surface area is 129 Å². The molecule has 3 nitrogen and oxygen atoms in total. The minimum Gasteiger partial charge on any atom is -0.497 e. The Kier molecular flexibility index (Phi) is 6.21. The standard InChI is InChI=1S/C17H26O3Si/c1-13(14(2)12-21(4,5)6)11-20-17(18)15-7-9-16(19-3)10-8-15/h7-10H,11-12H2,1-6H3/b14-13-. The molecule has 0 radical (unpaired) electrons. The van der Waals surface area contributed by atoms with E-state index in [1.165, 1.54) is 5.57 Å².